The van der Waals surface area contributed by atoms with Crippen molar-refractivity contribution in [3.05, 3.63) is 101 Å². The number of benzene rings is 3. The fourth-order valence-corrected chi connectivity index (χ4v) is 3.69. The summed E-state index contributed by atoms with van der Waals surface area (Å²) in [4.78, 5) is 15.1. The minimum atomic E-state index is -0.182. The van der Waals surface area contributed by atoms with Gasteiger partial charge in [-0.1, -0.05) is 60.7 Å². The lowest BCUT2D eigenvalue weighted by Gasteiger charge is -2.14. The molecule has 1 amide bonds. The minimum Gasteiger partial charge on any atom is -0.508 e. The molecule has 1 saturated heterocycles. The van der Waals surface area contributed by atoms with E-state index in [9.17, 15) is 9.90 Å². The monoisotopic (exact) mass is 399 g/mol. The number of phenols is 1. The summed E-state index contributed by atoms with van der Waals surface area (Å²) in [6.45, 7) is 0. The van der Waals surface area contributed by atoms with Crippen molar-refractivity contribution in [2.24, 2.45) is 10.2 Å². The first-order valence-corrected chi connectivity index (χ1v) is 9.76. The van der Waals surface area contributed by atoms with Crippen LogP contribution in [-0.4, -0.2) is 22.4 Å². The predicted molar refractivity (Wildman–Crippen MR) is 119 cm³/mol. The van der Waals surface area contributed by atoms with Crippen molar-refractivity contribution in [3.8, 4) is 5.75 Å². The fraction of sp³-hybridized carbons (Fsp3) is 0. The summed E-state index contributed by atoms with van der Waals surface area (Å²) in [5, 5.41) is 18.5. The Morgan fingerprint density at radius 2 is 1.45 bits per heavy atom. The molecule has 5 nitrogen and oxygen atoms in total. The van der Waals surface area contributed by atoms with Crippen molar-refractivity contribution in [3.63, 3.8) is 0 Å². The van der Waals surface area contributed by atoms with Crippen LogP contribution < -0.4 is 4.90 Å². The molecule has 1 aliphatic rings. The Bertz CT molecular complexity index is 1090. The highest BCUT2D eigenvalue weighted by molar-refractivity contribution is 8.19. The minimum absolute atomic E-state index is 0.133. The molecule has 1 aliphatic heterocycles. The summed E-state index contributed by atoms with van der Waals surface area (Å²) in [5.74, 6) is -0.0492. The number of hydrogen-bond donors (Lipinski definition) is 1. The lowest BCUT2D eigenvalue weighted by molar-refractivity contribution is -0.113. The summed E-state index contributed by atoms with van der Waals surface area (Å²) < 4.78 is 0. The molecule has 6 heteroatoms. The predicted octanol–water partition coefficient (Wildman–Crippen LogP) is 4.90. The number of amidine groups is 1. The van der Waals surface area contributed by atoms with Gasteiger partial charge in [-0.05, 0) is 53.2 Å². The van der Waals surface area contributed by atoms with Crippen molar-refractivity contribution < 1.29 is 9.90 Å². The van der Waals surface area contributed by atoms with Crippen molar-refractivity contribution >= 4 is 40.8 Å². The Hall–Kier alpha value is -3.64. The number of amides is 1. The number of thioether (sulfide) groups is 1. The maximum atomic E-state index is 13.1. The van der Waals surface area contributed by atoms with E-state index in [1.165, 1.54) is 28.8 Å². The number of rotatable bonds is 4. The molecule has 0 spiro atoms. The molecule has 0 aliphatic carbocycles. The van der Waals surface area contributed by atoms with Crippen LogP contribution in [0.1, 0.15) is 11.1 Å². The average Bonchev–Trinajstić information content (AvgIpc) is 3.05. The molecule has 1 fully saturated rings. The number of anilines is 1. The SMILES string of the molecule is O=C1/C(=C/c2ccccc2)S/C(=N\N=C/c2ccccc2)N1c1ccc(O)cc1. The van der Waals surface area contributed by atoms with Gasteiger partial charge >= 0.3 is 0 Å². The van der Waals surface area contributed by atoms with E-state index in [-0.39, 0.29) is 11.7 Å². The summed E-state index contributed by atoms with van der Waals surface area (Å²) in [6, 6.07) is 25.7. The van der Waals surface area contributed by atoms with E-state index in [4.69, 9.17) is 0 Å². The van der Waals surface area contributed by atoms with Crippen LogP contribution in [-0.2, 0) is 4.79 Å². The van der Waals surface area contributed by atoms with E-state index in [0.29, 0.717) is 15.8 Å². The van der Waals surface area contributed by atoms with Gasteiger partial charge in [-0.25, -0.2) is 0 Å². The van der Waals surface area contributed by atoms with Crippen molar-refractivity contribution in [1.82, 2.24) is 0 Å². The number of carbonyl (C=O) groups excluding carboxylic acids is 1. The van der Waals surface area contributed by atoms with Crippen LogP contribution in [0.5, 0.6) is 5.75 Å². The van der Waals surface area contributed by atoms with Gasteiger partial charge in [0.25, 0.3) is 5.91 Å². The number of aromatic hydroxyl groups is 1. The average molecular weight is 399 g/mol. The smallest absolute Gasteiger partial charge is 0.271 e. The first-order chi connectivity index (χ1) is 14.2. The second-order valence-electron chi connectivity index (χ2n) is 6.22. The van der Waals surface area contributed by atoms with Crippen LogP contribution in [0.15, 0.2) is 100 Å². The largest absolute Gasteiger partial charge is 0.508 e. The second-order valence-corrected chi connectivity index (χ2v) is 7.23. The molecule has 0 unspecified atom stereocenters. The van der Waals surface area contributed by atoms with Gasteiger partial charge < -0.3 is 5.11 Å². The Kier molecular flexibility index (Phi) is 5.54. The Morgan fingerprint density at radius 1 is 0.828 bits per heavy atom. The quantitative estimate of drug-likeness (QED) is 0.385. The van der Waals surface area contributed by atoms with Crippen molar-refractivity contribution in [1.29, 1.82) is 0 Å². The maximum Gasteiger partial charge on any atom is 0.271 e. The van der Waals surface area contributed by atoms with Gasteiger partial charge in [-0.3, -0.25) is 9.69 Å². The van der Waals surface area contributed by atoms with Crippen LogP contribution in [0, 0.1) is 0 Å². The molecule has 0 radical (unpaired) electrons. The van der Waals surface area contributed by atoms with Crippen LogP contribution in [0.2, 0.25) is 0 Å². The molecule has 3 aromatic carbocycles. The van der Waals surface area contributed by atoms with Gasteiger partial charge in [0.05, 0.1) is 16.8 Å². The molecule has 0 atom stereocenters. The van der Waals surface area contributed by atoms with E-state index in [0.717, 1.165) is 11.1 Å². The maximum absolute atomic E-state index is 13.1. The van der Waals surface area contributed by atoms with Crippen molar-refractivity contribution in [2.75, 3.05) is 4.90 Å². The van der Waals surface area contributed by atoms with E-state index in [2.05, 4.69) is 10.2 Å². The summed E-state index contributed by atoms with van der Waals surface area (Å²) in [6.07, 6.45) is 3.48. The van der Waals surface area contributed by atoms with E-state index >= 15 is 0 Å². The summed E-state index contributed by atoms with van der Waals surface area (Å²) in [5.41, 5.74) is 2.47. The lowest BCUT2D eigenvalue weighted by atomic mass is 10.2. The van der Waals surface area contributed by atoms with E-state index in [1.54, 1.807) is 18.3 Å². The highest BCUT2D eigenvalue weighted by Crippen LogP contribution is 2.36. The Morgan fingerprint density at radius 3 is 2.10 bits per heavy atom. The molecule has 4 rings (SSSR count). The third kappa shape index (κ3) is 4.44. The zero-order chi connectivity index (χ0) is 20.1. The first kappa shape index (κ1) is 18.7. The van der Waals surface area contributed by atoms with Gasteiger partial charge in [0, 0.05) is 0 Å². The zero-order valence-corrected chi connectivity index (χ0v) is 16.2. The van der Waals surface area contributed by atoms with Crippen LogP contribution >= 0.6 is 11.8 Å². The van der Waals surface area contributed by atoms with Gasteiger partial charge in [0.1, 0.15) is 5.75 Å². The van der Waals surface area contributed by atoms with Crippen LogP contribution in [0.3, 0.4) is 0 Å². The number of phenolic OH excluding ortho intramolecular Hbond substituents is 1. The van der Waals surface area contributed by atoms with Gasteiger partial charge in [-0.15, -0.1) is 5.10 Å². The molecule has 0 saturated carbocycles. The van der Waals surface area contributed by atoms with Gasteiger partial charge in [0.15, 0.2) is 0 Å². The Labute approximate surface area is 172 Å². The van der Waals surface area contributed by atoms with E-state index in [1.807, 2.05) is 66.7 Å². The summed E-state index contributed by atoms with van der Waals surface area (Å²) in [7, 11) is 0. The van der Waals surface area contributed by atoms with Crippen LogP contribution in [0.4, 0.5) is 5.69 Å². The number of carbonyl (C=O) groups is 1. The highest BCUT2D eigenvalue weighted by Gasteiger charge is 2.34. The van der Waals surface area contributed by atoms with Gasteiger partial charge in [-0.2, -0.15) is 5.10 Å². The van der Waals surface area contributed by atoms with Gasteiger partial charge in [0.2, 0.25) is 5.17 Å². The molecule has 0 bridgehead atoms. The standard InChI is InChI=1S/C23H17N3O2S/c27-20-13-11-19(12-14-20)26-22(28)21(15-17-7-3-1-4-8-17)29-23(26)25-24-16-18-9-5-2-6-10-18/h1-16,27H/b21-15-,24-16-,25-23-. The molecule has 1 N–H and O–H groups in total. The third-order valence-corrected chi connectivity index (χ3v) is 5.12. The Balaban J connectivity index is 1.69. The third-order valence-electron chi connectivity index (χ3n) is 4.16. The molecule has 0 aromatic heterocycles. The molecule has 142 valence electrons. The number of hydrogen-bond acceptors (Lipinski definition) is 5. The molecule has 3 aromatic rings. The molecule has 29 heavy (non-hydrogen) atoms. The number of nitrogens with zero attached hydrogens (tertiary/aromatic N) is 3. The summed E-state index contributed by atoms with van der Waals surface area (Å²) >= 11 is 1.27. The first-order valence-electron chi connectivity index (χ1n) is 8.95. The fourth-order valence-electron chi connectivity index (χ4n) is 2.76. The highest BCUT2D eigenvalue weighted by atomic mass is 32.2. The van der Waals surface area contributed by atoms with Crippen LogP contribution in [0.25, 0.3) is 6.08 Å². The topological polar surface area (TPSA) is 65.3 Å². The lowest BCUT2D eigenvalue weighted by Crippen LogP contribution is -2.28. The molecule has 1 heterocycles. The second kappa shape index (κ2) is 8.58. The van der Waals surface area contributed by atoms with E-state index < -0.39 is 0 Å². The molecular formula is C23H17N3O2S. The molecular weight excluding hydrogens is 382 g/mol. The normalized spacial score (nSPS) is 17.0. The zero-order valence-electron chi connectivity index (χ0n) is 15.3. The van der Waals surface area contributed by atoms with Crippen molar-refractivity contribution in [2.45, 2.75) is 0 Å².